The second-order valence-electron chi connectivity index (χ2n) is 7.47. The topological polar surface area (TPSA) is 56.2 Å². The molecule has 5 nitrogen and oxygen atoms in total. The summed E-state index contributed by atoms with van der Waals surface area (Å²) in [5.74, 6) is 2.03. The van der Waals surface area contributed by atoms with Crippen molar-refractivity contribution in [3.8, 4) is 0 Å². The minimum absolute atomic E-state index is 0.163. The van der Waals surface area contributed by atoms with Crippen LogP contribution in [0.5, 0.6) is 0 Å². The largest absolute Gasteiger partial charge is 0.377 e. The maximum Gasteiger partial charge on any atom is 0.222 e. The van der Waals surface area contributed by atoms with E-state index in [1.54, 1.807) is 0 Å². The average molecular weight is 317 g/mol. The minimum atomic E-state index is 0.163. The van der Waals surface area contributed by atoms with Gasteiger partial charge in [0.05, 0.1) is 11.8 Å². The summed E-state index contributed by atoms with van der Waals surface area (Å²) >= 11 is 0. The SMILES string of the molecule is Cc1ccn(CCC(=O)N[C@H]2[C@H]3CCO[C@H]3[C@H]2C2CCCC2)n1. The third kappa shape index (κ3) is 2.91. The molecule has 0 radical (unpaired) electrons. The van der Waals surface area contributed by atoms with Crippen LogP contribution < -0.4 is 5.32 Å². The van der Waals surface area contributed by atoms with Crippen molar-refractivity contribution in [1.29, 1.82) is 0 Å². The van der Waals surface area contributed by atoms with Crippen LogP contribution in [-0.2, 0) is 16.1 Å². The van der Waals surface area contributed by atoms with E-state index < -0.39 is 0 Å². The van der Waals surface area contributed by atoms with E-state index in [4.69, 9.17) is 4.74 Å². The molecule has 4 rings (SSSR count). The van der Waals surface area contributed by atoms with Gasteiger partial charge in [-0.15, -0.1) is 0 Å². The van der Waals surface area contributed by atoms with Gasteiger partial charge in [0.1, 0.15) is 0 Å². The highest BCUT2D eigenvalue weighted by atomic mass is 16.5. The van der Waals surface area contributed by atoms with Gasteiger partial charge < -0.3 is 10.1 Å². The predicted octanol–water partition coefficient (Wildman–Crippen LogP) is 2.29. The van der Waals surface area contributed by atoms with Gasteiger partial charge in [-0.05, 0) is 25.3 Å². The first-order chi connectivity index (χ1) is 11.2. The number of aryl methyl sites for hydroxylation is 2. The molecule has 5 heteroatoms. The summed E-state index contributed by atoms with van der Waals surface area (Å²) in [5, 5.41) is 7.68. The summed E-state index contributed by atoms with van der Waals surface area (Å²) in [4.78, 5) is 12.4. The molecule has 1 N–H and O–H groups in total. The van der Waals surface area contributed by atoms with E-state index in [-0.39, 0.29) is 5.91 Å². The molecule has 0 aromatic carbocycles. The van der Waals surface area contributed by atoms with Crippen LogP contribution in [0.2, 0.25) is 0 Å². The van der Waals surface area contributed by atoms with Crippen LogP contribution in [-0.4, -0.2) is 34.4 Å². The molecule has 4 atom stereocenters. The molecule has 0 spiro atoms. The smallest absolute Gasteiger partial charge is 0.222 e. The van der Waals surface area contributed by atoms with Crippen molar-refractivity contribution < 1.29 is 9.53 Å². The quantitative estimate of drug-likeness (QED) is 0.906. The minimum Gasteiger partial charge on any atom is -0.377 e. The summed E-state index contributed by atoms with van der Waals surface area (Å²) in [6.45, 7) is 3.50. The maximum atomic E-state index is 12.4. The third-order valence-electron chi connectivity index (χ3n) is 6.05. The zero-order chi connectivity index (χ0) is 15.8. The van der Waals surface area contributed by atoms with Gasteiger partial charge in [0.15, 0.2) is 0 Å². The van der Waals surface area contributed by atoms with Crippen LogP contribution in [0.4, 0.5) is 0 Å². The number of carbonyl (C=O) groups excluding carboxylic acids is 1. The Morgan fingerprint density at radius 2 is 2.22 bits per heavy atom. The Hall–Kier alpha value is -1.36. The van der Waals surface area contributed by atoms with Crippen molar-refractivity contribution in [2.24, 2.45) is 17.8 Å². The molecular weight excluding hydrogens is 290 g/mol. The Balaban J connectivity index is 1.33. The Labute approximate surface area is 137 Å². The number of ether oxygens (including phenoxy) is 1. The van der Waals surface area contributed by atoms with Crippen molar-refractivity contribution in [3.63, 3.8) is 0 Å². The Kier molecular flexibility index (Phi) is 4.14. The highest BCUT2D eigenvalue weighted by Crippen LogP contribution is 2.51. The zero-order valence-electron chi connectivity index (χ0n) is 13.9. The highest BCUT2D eigenvalue weighted by Gasteiger charge is 2.56. The molecule has 126 valence electrons. The molecule has 1 aliphatic heterocycles. The van der Waals surface area contributed by atoms with Crippen molar-refractivity contribution in [2.75, 3.05) is 6.61 Å². The Morgan fingerprint density at radius 1 is 1.39 bits per heavy atom. The van der Waals surface area contributed by atoms with Crippen molar-refractivity contribution in [3.05, 3.63) is 18.0 Å². The number of nitrogens with one attached hydrogen (secondary N) is 1. The second-order valence-corrected chi connectivity index (χ2v) is 7.47. The molecule has 3 fully saturated rings. The van der Waals surface area contributed by atoms with Gasteiger partial charge in [-0.3, -0.25) is 9.48 Å². The highest BCUT2D eigenvalue weighted by molar-refractivity contribution is 5.76. The van der Waals surface area contributed by atoms with E-state index in [2.05, 4.69) is 10.4 Å². The Morgan fingerprint density at radius 3 is 2.96 bits per heavy atom. The number of rotatable bonds is 5. The summed E-state index contributed by atoms with van der Waals surface area (Å²) in [6.07, 6.45) is 9.29. The number of hydrogen-bond acceptors (Lipinski definition) is 3. The fraction of sp³-hybridized carbons (Fsp3) is 0.778. The third-order valence-corrected chi connectivity index (χ3v) is 6.05. The first-order valence-corrected chi connectivity index (χ1v) is 9.13. The molecule has 1 aromatic rings. The molecule has 3 aliphatic rings. The van der Waals surface area contributed by atoms with E-state index in [1.807, 2.05) is 23.9 Å². The van der Waals surface area contributed by atoms with E-state index >= 15 is 0 Å². The normalized spacial score (nSPS) is 33.4. The van der Waals surface area contributed by atoms with Crippen LogP contribution in [0, 0.1) is 24.7 Å². The van der Waals surface area contributed by atoms with Gasteiger partial charge in [0.2, 0.25) is 5.91 Å². The summed E-state index contributed by atoms with van der Waals surface area (Å²) in [5.41, 5.74) is 0.997. The van der Waals surface area contributed by atoms with Crippen molar-refractivity contribution in [1.82, 2.24) is 15.1 Å². The van der Waals surface area contributed by atoms with E-state index in [1.165, 1.54) is 25.7 Å². The molecule has 2 heterocycles. The molecule has 2 saturated carbocycles. The predicted molar refractivity (Wildman–Crippen MR) is 86.8 cm³/mol. The van der Waals surface area contributed by atoms with Crippen LogP contribution in [0.15, 0.2) is 12.3 Å². The maximum absolute atomic E-state index is 12.4. The van der Waals surface area contributed by atoms with Gasteiger partial charge in [-0.2, -0.15) is 5.10 Å². The lowest BCUT2D eigenvalue weighted by Gasteiger charge is -2.50. The molecule has 2 aliphatic carbocycles. The average Bonchev–Trinajstić information content (AvgIpc) is 3.25. The number of aromatic nitrogens is 2. The second kappa shape index (κ2) is 6.27. The van der Waals surface area contributed by atoms with E-state index in [9.17, 15) is 4.79 Å². The molecule has 1 saturated heterocycles. The first kappa shape index (κ1) is 15.2. The van der Waals surface area contributed by atoms with Gasteiger partial charge in [0.25, 0.3) is 0 Å². The standard InChI is InChI=1S/C18H27N3O2/c1-12-6-9-21(20-12)10-7-15(22)19-17-14-8-11-23-18(14)16(17)13-4-2-3-5-13/h6,9,13-14,16-18H,2-5,7-8,10-11H2,1H3,(H,19,22)/t14-,16+,17+,18-/m1/s1. The molecule has 1 amide bonds. The Bertz CT molecular complexity index is 560. The molecule has 0 bridgehead atoms. The van der Waals surface area contributed by atoms with Crippen LogP contribution >= 0.6 is 0 Å². The number of amides is 1. The van der Waals surface area contributed by atoms with Crippen LogP contribution in [0.25, 0.3) is 0 Å². The number of hydrogen-bond donors (Lipinski definition) is 1. The van der Waals surface area contributed by atoms with E-state index in [0.717, 1.165) is 24.6 Å². The monoisotopic (exact) mass is 317 g/mol. The fourth-order valence-corrected chi connectivity index (χ4v) is 4.92. The van der Waals surface area contributed by atoms with Crippen LogP contribution in [0.1, 0.15) is 44.2 Å². The summed E-state index contributed by atoms with van der Waals surface area (Å²) in [7, 11) is 0. The zero-order valence-corrected chi connectivity index (χ0v) is 13.9. The number of nitrogens with zero attached hydrogens (tertiary/aromatic N) is 2. The molecule has 0 unspecified atom stereocenters. The van der Waals surface area contributed by atoms with Crippen molar-refractivity contribution in [2.45, 2.75) is 64.1 Å². The summed E-state index contributed by atoms with van der Waals surface area (Å²) in [6, 6.07) is 2.32. The van der Waals surface area contributed by atoms with Gasteiger partial charge in [-0.1, -0.05) is 25.7 Å². The summed E-state index contributed by atoms with van der Waals surface area (Å²) < 4.78 is 7.81. The lowest BCUT2D eigenvalue weighted by molar-refractivity contribution is -0.130. The van der Waals surface area contributed by atoms with Crippen LogP contribution in [0.3, 0.4) is 0 Å². The molecule has 1 aromatic heterocycles. The first-order valence-electron chi connectivity index (χ1n) is 9.13. The lowest BCUT2D eigenvalue weighted by atomic mass is 9.61. The molecule has 23 heavy (non-hydrogen) atoms. The van der Waals surface area contributed by atoms with Gasteiger partial charge in [-0.25, -0.2) is 0 Å². The van der Waals surface area contributed by atoms with Gasteiger partial charge in [0, 0.05) is 43.6 Å². The van der Waals surface area contributed by atoms with Crippen molar-refractivity contribution >= 4 is 5.91 Å². The number of carbonyl (C=O) groups is 1. The number of fused-ring (bicyclic) bond motifs is 1. The lowest BCUT2D eigenvalue weighted by Crippen LogP contribution is -2.63. The van der Waals surface area contributed by atoms with Gasteiger partial charge >= 0.3 is 0 Å². The van der Waals surface area contributed by atoms with E-state index in [0.29, 0.717) is 36.9 Å². The fourth-order valence-electron chi connectivity index (χ4n) is 4.92. The molecular formula is C18H27N3O2.